The van der Waals surface area contributed by atoms with Crippen LogP contribution >= 0.6 is 11.9 Å². The van der Waals surface area contributed by atoms with Crippen LogP contribution < -0.4 is 10.0 Å². The molecule has 0 unspecified atom stereocenters. The minimum absolute atomic E-state index is 0.234. The van der Waals surface area contributed by atoms with Gasteiger partial charge in [0.15, 0.2) is 0 Å². The third-order valence-electron chi connectivity index (χ3n) is 5.14. The Morgan fingerprint density at radius 2 is 1.82 bits per heavy atom. The third-order valence-corrected chi connectivity index (χ3v) is 6.15. The summed E-state index contributed by atoms with van der Waals surface area (Å²) in [7, 11) is 0. The van der Waals surface area contributed by atoms with Gasteiger partial charge in [-0.15, -0.1) is 0 Å². The summed E-state index contributed by atoms with van der Waals surface area (Å²) in [6.07, 6.45) is -4.58. The molecule has 180 valence electrons. The number of pyridine rings is 1. The van der Waals surface area contributed by atoms with Crippen LogP contribution in [0.25, 0.3) is 0 Å². The highest BCUT2D eigenvalue weighted by Crippen LogP contribution is 2.40. The van der Waals surface area contributed by atoms with E-state index in [4.69, 9.17) is 0 Å². The Morgan fingerprint density at radius 1 is 1.09 bits per heavy atom. The van der Waals surface area contributed by atoms with Gasteiger partial charge in [0.1, 0.15) is 0 Å². The van der Waals surface area contributed by atoms with Gasteiger partial charge in [-0.3, -0.25) is 9.71 Å². The molecule has 2 aromatic rings. The Balaban J connectivity index is 1.49. The van der Waals surface area contributed by atoms with Crippen LogP contribution in [0, 0.1) is 0 Å². The van der Waals surface area contributed by atoms with Crippen molar-refractivity contribution in [2.45, 2.75) is 42.6 Å². The zero-order valence-electron chi connectivity index (χ0n) is 17.3. The maximum Gasteiger partial charge on any atom is 0.417 e. The standard InChI is InChI=1S/C21H22F6N4OS/c22-20(23,24)15-3-4-17(21(25,26)27)18(12-15)33-30-16-6-10-31(11-7-16)19(32)29-9-5-14-2-1-8-28-13-14/h1-4,8,12-13,16,30H,5-7,9-11H2,(H,29,32). The van der Waals surface area contributed by atoms with Crippen molar-refractivity contribution in [3.63, 3.8) is 0 Å². The van der Waals surface area contributed by atoms with Gasteiger partial charge in [0, 0.05) is 43.0 Å². The number of nitrogens with zero attached hydrogens (tertiary/aromatic N) is 2. The first-order valence-electron chi connectivity index (χ1n) is 10.2. The second-order valence-electron chi connectivity index (χ2n) is 7.53. The van der Waals surface area contributed by atoms with Gasteiger partial charge < -0.3 is 10.2 Å². The molecule has 0 bridgehead atoms. The van der Waals surface area contributed by atoms with Crippen molar-refractivity contribution in [2.24, 2.45) is 0 Å². The zero-order valence-corrected chi connectivity index (χ0v) is 18.2. The van der Waals surface area contributed by atoms with Gasteiger partial charge in [0.05, 0.1) is 11.1 Å². The van der Waals surface area contributed by atoms with Crippen LogP contribution in [-0.4, -0.2) is 41.6 Å². The molecule has 1 fully saturated rings. The van der Waals surface area contributed by atoms with E-state index in [2.05, 4.69) is 15.0 Å². The molecule has 2 amide bonds. The Hall–Kier alpha value is -2.47. The van der Waals surface area contributed by atoms with E-state index in [1.807, 2.05) is 12.1 Å². The number of likely N-dealkylation sites (tertiary alicyclic amines) is 1. The van der Waals surface area contributed by atoms with E-state index in [0.717, 1.165) is 5.56 Å². The molecule has 3 rings (SSSR count). The van der Waals surface area contributed by atoms with Crippen LogP contribution in [0.1, 0.15) is 29.5 Å². The Kier molecular flexibility index (Phi) is 8.11. The zero-order chi connectivity index (χ0) is 24.1. The summed E-state index contributed by atoms with van der Waals surface area (Å²) < 4.78 is 81.3. The molecular formula is C21H22F6N4OS. The number of urea groups is 1. The van der Waals surface area contributed by atoms with E-state index in [1.165, 1.54) is 0 Å². The summed E-state index contributed by atoms with van der Waals surface area (Å²) in [5, 5.41) is 2.82. The van der Waals surface area contributed by atoms with Crippen LogP contribution in [0.15, 0.2) is 47.6 Å². The second-order valence-corrected chi connectivity index (χ2v) is 8.41. The molecule has 1 aliphatic rings. The maximum absolute atomic E-state index is 13.2. The topological polar surface area (TPSA) is 57.3 Å². The van der Waals surface area contributed by atoms with E-state index in [0.29, 0.717) is 69.0 Å². The number of alkyl halides is 6. The minimum Gasteiger partial charge on any atom is -0.338 e. The number of piperidine rings is 1. The lowest BCUT2D eigenvalue weighted by Crippen LogP contribution is -2.47. The highest BCUT2D eigenvalue weighted by atomic mass is 32.2. The molecule has 1 aromatic carbocycles. The highest BCUT2D eigenvalue weighted by Gasteiger charge is 2.37. The van der Waals surface area contributed by atoms with Crippen LogP contribution in [0.4, 0.5) is 31.1 Å². The lowest BCUT2D eigenvalue weighted by Gasteiger charge is -2.32. The van der Waals surface area contributed by atoms with E-state index < -0.39 is 28.4 Å². The van der Waals surface area contributed by atoms with Crippen molar-refractivity contribution in [1.82, 2.24) is 19.9 Å². The number of amides is 2. The number of rotatable bonds is 6. The van der Waals surface area contributed by atoms with Gasteiger partial charge in [-0.2, -0.15) is 26.3 Å². The summed E-state index contributed by atoms with van der Waals surface area (Å²) in [5.74, 6) is 0. The predicted molar refractivity (Wildman–Crippen MR) is 111 cm³/mol. The van der Waals surface area contributed by atoms with E-state index in [1.54, 1.807) is 17.3 Å². The summed E-state index contributed by atoms with van der Waals surface area (Å²) in [6, 6.07) is 4.62. The van der Waals surface area contributed by atoms with Gasteiger partial charge >= 0.3 is 18.4 Å². The summed E-state index contributed by atoms with van der Waals surface area (Å²) in [4.78, 5) is 17.4. The highest BCUT2D eigenvalue weighted by molar-refractivity contribution is 7.97. The molecule has 33 heavy (non-hydrogen) atoms. The van der Waals surface area contributed by atoms with Gasteiger partial charge in [-0.05, 0) is 61.0 Å². The molecule has 1 saturated heterocycles. The van der Waals surface area contributed by atoms with Crippen molar-refractivity contribution in [3.8, 4) is 0 Å². The quantitative estimate of drug-likeness (QED) is 0.434. The number of halogens is 6. The fourth-order valence-corrected chi connectivity index (χ4v) is 4.35. The smallest absolute Gasteiger partial charge is 0.338 e. The van der Waals surface area contributed by atoms with Crippen molar-refractivity contribution >= 4 is 18.0 Å². The lowest BCUT2D eigenvalue weighted by atomic mass is 10.1. The molecule has 0 spiro atoms. The van der Waals surface area contributed by atoms with Gasteiger partial charge in [0.2, 0.25) is 0 Å². The molecule has 0 aliphatic carbocycles. The second kappa shape index (κ2) is 10.6. The number of benzene rings is 1. The summed E-state index contributed by atoms with van der Waals surface area (Å²) in [5.41, 5.74) is -1.28. The minimum atomic E-state index is -4.77. The molecule has 5 nitrogen and oxygen atoms in total. The maximum atomic E-state index is 13.2. The molecule has 0 atom stereocenters. The predicted octanol–water partition coefficient (Wildman–Crippen LogP) is 5.13. The molecule has 0 saturated carbocycles. The SMILES string of the molecule is O=C(NCCc1cccnc1)N1CCC(NSc2cc(C(F)(F)F)ccc2C(F)(F)F)CC1. The fourth-order valence-electron chi connectivity index (χ4n) is 3.34. The average Bonchev–Trinajstić information content (AvgIpc) is 2.77. The molecule has 1 aromatic heterocycles. The first kappa shape index (κ1) is 25.2. The Bertz CT molecular complexity index is 931. The molecule has 2 N–H and O–H groups in total. The largest absolute Gasteiger partial charge is 0.417 e. The van der Waals surface area contributed by atoms with Gasteiger partial charge in [-0.1, -0.05) is 6.07 Å². The first-order valence-corrected chi connectivity index (χ1v) is 11.0. The van der Waals surface area contributed by atoms with Gasteiger partial charge in [-0.25, -0.2) is 4.79 Å². The molecule has 2 heterocycles. The number of carbonyl (C=O) groups excluding carboxylic acids is 1. The number of aromatic nitrogens is 1. The van der Waals surface area contributed by atoms with Crippen molar-refractivity contribution in [2.75, 3.05) is 19.6 Å². The van der Waals surface area contributed by atoms with Crippen LogP contribution in [0.5, 0.6) is 0 Å². The van der Waals surface area contributed by atoms with Crippen molar-refractivity contribution in [3.05, 3.63) is 59.4 Å². The molecular weight excluding hydrogens is 470 g/mol. The normalized spacial score (nSPS) is 15.5. The van der Waals surface area contributed by atoms with Crippen molar-refractivity contribution in [1.29, 1.82) is 0 Å². The van der Waals surface area contributed by atoms with Gasteiger partial charge in [0.25, 0.3) is 0 Å². The van der Waals surface area contributed by atoms with Crippen molar-refractivity contribution < 1.29 is 31.1 Å². The molecule has 1 aliphatic heterocycles. The van der Waals surface area contributed by atoms with Crippen LogP contribution in [0.2, 0.25) is 0 Å². The summed E-state index contributed by atoms with van der Waals surface area (Å²) >= 11 is 0.537. The van der Waals surface area contributed by atoms with E-state index in [9.17, 15) is 31.1 Å². The lowest BCUT2D eigenvalue weighted by molar-refractivity contribution is -0.143. The van der Waals surface area contributed by atoms with E-state index >= 15 is 0 Å². The fraction of sp³-hybridized carbons (Fsp3) is 0.429. The first-order chi connectivity index (χ1) is 15.5. The number of hydrogen-bond acceptors (Lipinski definition) is 4. The number of hydrogen-bond donors (Lipinski definition) is 2. The monoisotopic (exact) mass is 492 g/mol. The average molecular weight is 492 g/mol. The summed E-state index contributed by atoms with van der Waals surface area (Å²) in [6.45, 7) is 1.20. The molecule has 12 heteroatoms. The third kappa shape index (κ3) is 7.26. The van der Waals surface area contributed by atoms with E-state index in [-0.39, 0.29) is 12.1 Å². The Morgan fingerprint density at radius 3 is 2.42 bits per heavy atom. The van der Waals surface area contributed by atoms with Crippen LogP contribution in [-0.2, 0) is 18.8 Å². The Labute approximate surface area is 191 Å². The van der Waals surface area contributed by atoms with Crippen LogP contribution in [0.3, 0.4) is 0 Å². The molecule has 0 radical (unpaired) electrons. The number of carbonyl (C=O) groups is 1. The number of nitrogens with one attached hydrogen (secondary N) is 2.